The SMILES string of the molecule is COC(=O)c1ccc(C(F)(F)F)nc1S(=O)(=O)NC(=O)Nc1nc(OC)cc(OC)n1.[NaH]. The molecule has 0 aliphatic rings. The number of amides is 2. The van der Waals surface area contributed by atoms with Crippen LogP contribution in [-0.4, -0.2) is 86.3 Å². The number of hydrogen-bond acceptors (Lipinski definition) is 10. The van der Waals surface area contributed by atoms with Crippen molar-refractivity contribution in [2.45, 2.75) is 11.2 Å². The van der Waals surface area contributed by atoms with E-state index < -0.39 is 50.4 Å². The molecular weight excluding hydrogens is 474 g/mol. The molecule has 0 unspecified atom stereocenters. The van der Waals surface area contributed by atoms with E-state index in [1.165, 1.54) is 25.0 Å². The van der Waals surface area contributed by atoms with E-state index in [1.807, 2.05) is 5.32 Å². The van der Waals surface area contributed by atoms with Gasteiger partial charge in [-0.1, -0.05) is 0 Å². The Hall–Kier alpha value is -2.69. The maximum absolute atomic E-state index is 13.0. The number of carbonyl (C=O) groups is 2. The van der Waals surface area contributed by atoms with Crippen molar-refractivity contribution in [3.63, 3.8) is 0 Å². The fourth-order valence-electron chi connectivity index (χ4n) is 2.03. The van der Waals surface area contributed by atoms with E-state index in [0.717, 1.165) is 7.11 Å². The summed E-state index contributed by atoms with van der Waals surface area (Å²) in [6.45, 7) is 0. The Kier molecular flexibility index (Phi) is 9.19. The van der Waals surface area contributed by atoms with Crippen molar-refractivity contribution < 1.29 is 45.4 Å². The Labute approximate surface area is 201 Å². The monoisotopic (exact) mass is 489 g/mol. The molecular formula is C15H15F3N5NaO7S. The van der Waals surface area contributed by atoms with Gasteiger partial charge < -0.3 is 14.2 Å². The molecule has 32 heavy (non-hydrogen) atoms. The van der Waals surface area contributed by atoms with E-state index in [0.29, 0.717) is 12.1 Å². The van der Waals surface area contributed by atoms with Gasteiger partial charge in [0.15, 0.2) is 5.03 Å². The normalized spacial score (nSPS) is 11.1. The Morgan fingerprint density at radius 2 is 1.56 bits per heavy atom. The third-order valence-corrected chi connectivity index (χ3v) is 4.63. The van der Waals surface area contributed by atoms with Crippen LogP contribution in [0.2, 0.25) is 0 Å². The number of hydrogen-bond donors (Lipinski definition) is 2. The molecule has 0 aromatic carbocycles. The Bertz CT molecular complexity index is 1090. The van der Waals surface area contributed by atoms with E-state index in [1.54, 1.807) is 0 Å². The van der Waals surface area contributed by atoms with Crippen LogP contribution in [0.5, 0.6) is 11.8 Å². The molecule has 0 aliphatic carbocycles. The average molecular weight is 489 g/mol. The molecule has 2 amide bonds. The van der Waals surface area contributed by atoms with Crippen LogP contribution in [-0.2, 0) is 20.9 Å². The van der Waals surface area contributed by atoms with E-state index in [9.17, 15) is 31.2 Å². The summed E-state index contributed by atoms with van der Waals surface area (Å²) >= 11 is 0. The van der Waals surface area contributed by atoms with Crippen molar-refractivity contribution in [3.8, 4) is 11.8 Å². The van der Waals surface area contributed by atoms with Crippen molar-refractivity contribution in [1.82, 2.24) is 19.7 Å². The van der Waals surface area contributed by atoms with Gasteiger partial charge >= 0.3 is 47.7 Å². The number of methoxy groups -OCH3 is 3. The minimum atomic E-state index is -5.07. The predicted molar refractivity (Wildman–Crippen MR) is 102 cm³/mol. The number of aromatic nitrogens is 3. The van der Waals surface area contributed by atoms with E-state index in [-0.39, 0.29) is 41.3 Å². The molecule has 0 saturated heterocycles. The number of ether oxygens (including phenoxy) is 3. The van der Waals surface area contributed by atoms with E-state index >= 15 is 0 Å². The van der Waals surface area contributed by atoms with Crippen molar-refractivity contribution in [3.05, 3.63) is 29.5 Å². The van der Waals surface area contributed by atoms with Crippen molar-refractivity contribution >= 4 is 57.5 Å². The first kappa shape index (κ1) is 27.3. The van der Waals surface area contributed by atoms with Gasteiger partial charge in [-0.05, 0) is 12.1 Å². The third kappa shape index (κ3) is 6.65. The number of nitrogens with zero attached hydrogens (tertiary/aromatic N) is 3. The number of nitrogens with one attached hydrogen (secondary N) is 2. The van der Waals surface area contributed by atoms with Gasteiger partial charge in [0.05, 0.1) is 33.0 Å². The minimum absolute atomic E-state index is 0. The standard InChI is InChI=1S/C15H14F3N5O7S.Na.H/c1-28-9-6-10(29-2)21-13(20-9)22-14(25)23-31(26,27)11-7(12(24)30-3)4-5-8(19-11)15(16,17)18;;/h4-6H,1-3H3,(H2,20,21,22,23,25);;. The van der Waals surface area contributed by atoms with Crippen LogP contribution in [0.15, 0.2) is 23.2 Å². The number of rotatable bonds is 6. The number of alkyl halides is 3. The molecule has 2 aromatic heterocycles. The summed E-state index contributed by atoms with van der Waals surface area (Å²) in [6.07, 6.45) is -5.02. The number of esters is 1. The third-order valence-electron chi connectivity index (χ3n) is 3.36. The number of carbonyl (C=O) groups excluding carboxylic acids is 2. The molecule has 0 radical (unpaired) electrons. The second kappa shape index (κ2) is 10.8. The molecule has 0 saturated carbocycles. The van der Waals surface area contributed by atoms with Crippen LogP contribution in [0.25, 0.3) is 0 Å². The summed E-state index contributed by atoms with van der Waals surface area (Å²) in [5.41, 5.74) is -2.43. The van der Waals surface area contributed by atoms with Crippen LogP contribution < -0.4 is 19.5 Å². The first-order valence-corrected chi connectivity index (χ1v) is 9.37. The molecule has 170 valence electrons. The number of urea groups is 1. The topological polar surface area (TPSA) is 159 Å². The molecule has 0 atom stereocenters. The van der Waals surface area contributed by atoms with Gasteiger partial charge in [-0.2, -0.15) is 31.6 Å². The molecule has 2 rings (SSSR count). The van der Waals surface area contributed by atoms with Gasteiger partial charge in [0.2, 0.25) is 17.7 Å². The molecule has 0 bridgehead atoms. The second-order valence-corrected chi connectivity index (χ2v) is 6.97. The first-order chi connectivity index (χ1) is 14.4. The summed E-state index contributed by atoms with van der Waals surface area (Å²) in [6, 6.07) is 0.742. The molecule has 17 heteroatoms. The number of halogens is 3. The van der Waals surface area contributed by atoms with Gasteiger partial charge in [0, 0.05) is 0 Å². The fraction of sp³-hybridized carbons (Fsp3) is 0.267. The van der Waals surface area contributed by atoms with E-state index in [2.05, 4.69) is 19.7 Å². The quantitative estimate of drug-likeness (QED) is 0.434. The number of anilines is 1. The molecule has 12 nitrogen and oxygen atoms in total. The van der Waals surface area contributed by atoms with Gasteiger partial charge in [-0.3, -0.25) is 5.32 Å². The van der Waals surface area contributed by atoms with Gasteiger partial charge in [-0.25, -0.2) is 19.3 Å². The van der Waals surface area contributed by atoms with Crippen molar-refractivity contribution in [2.75, 3.05) is 26.6 Å². The van der Waals surface area contributed by atoms with Gasteiger partial charge in [0.25, 0.3) is 10.0 Å². The Morgan fingerprint density at radius 3 is 2.03 bits per heavy atom. The summed E-state index contributed by atoms with van der Waals surface area (Å²) in [4.78, 5) is 34.3. The Morgan fingerprint density at radius 1 is 1.00 bits per heavy atom. The van der Waals surface area contributed by atoms with Crippen LogP contribution in [0.4, 0.5) is 23.9 Å². The molecule has 0 spiro atoms. The summed E-state index contributed by atoms with van der Waals surface area (Å²) in [7, 11) is -1.69. The molecule has 2 heterocycles. The van der Waals surface area contributed by atoms with Crippen LogP contribution >= 0.6 is 0 Å². The average Bonchev–Trinajstić information content (AvgIpc) is 2.71. The zero-order chi connectivity index (χ0) is 23.4. The molecule has 0 fully saturated rings. The number of sulfonamides is 1. The summed E-state index contributed by atoms with van der Waals surface area (Å²) < 4.78 is 79.3. The summed E-state index contributed by atoms with van der Waals surface area (Å²) in [5, 5.41) is 0.580. The molecule has 2 aromatic rings. The van der Waals surface area contributed by atoms with Gasteiger partial charge in [-0.15, -0.1) is 0 Å². The van der Waals surface area contributed by atoms with Crippen LogP contribution in [0.3, 0.4) is 0 Å². The van der Waals surface area contributed by atoms with Crippen molar-refractivity contribution in [1.29, 1.82) is 0 Å². The fourth-order valence-corrected chi connectivity index (χ4v) is 3.09. The van der Waals surface area contributed by atoms with E-state index in [4.69, 9.17) is 9.47 Å². The summed E-state index contributed by atoms with van der Waals surface area (Å²) in [5.74, 6) is -1.83. The molecule has 2 N–H and O–H groups in total. The second-order valence-electron chi connectivity index (χ2n) is 5.37. The van der Waals surface area contributed by atoms with Crippen LogP contribution in [0.1, 0.15) is 16.1 Å². The molecule has 0 aliphatic heterocycles. The maximum atomic E-state index is 13.0. The predicted octanol–water partition coefficient (Wildman–Crippen LogP) is 0.556. The van der Waals surface area contributed by atoms with Crippen molar-refractivity contribution in [2.24, 2.45) is 0 Å². The van der Waals surface area contributed by atoms with Crippen LogP contribution in [0, 0.1) is 0 Å². The first-order valence-electron chi connectivity index (χ1n) is 7.88. The zero-order valence-corrected chi connectivity index (χ0v) is 16.8. The number of pyridine rings is 1. The Balaban J connectivity index is 0.00000512. The zero-order valence-electron chi connectivity index (χ0n) is 16.0. The van der Waals surface area contributed by atoms with Gasteiger partial charge in [0.1, 0.15) is 5.69 Å².